The van der Waals surface area contributed by atoms with E-state index >= 15 is 0 Å². The highest BCUT2D eigenvalue weighted by atomic mass is 16.5. The maximum Gasteiger partial charge on any atom is 0.337 e. The molecule has 0 saturated carbocycles. The van der Waals surface area contributed by atoms with Crippen LogP contribution in [0.2, 0.25) is 0 Å². The Hall–Kier alpha value is -3.02. The summed E-state index contributed by atoms with van der Waals surface area (Å²) in [6.45, 7) is 0. The molecule has 0 spiro atoms. The SMILES string of the molecule is COc1ccccc1Nc1ccc(C(=O)O)cc1C(=O)O. The third-order valence-corrected chi connectivity index (χ3v) is 2.87. The molecule has 108 valence electrons. The summed E-state index contributed by atoms with van der Waals surface area (Å²) in [5, 5.41) is 21.1. The molecule has 0 amide bonds. The summed E-state index contributed by atoms with van der Waals surface area (Å²) in [6.07, 6.45) is 0. The zero-order chi connectivity index (χ0) is 15.4. The molecule has 21 heavy (non-hydrogen) atoms. The molecular formula is C15H13NO5. The highest BCUT2D eigenvalue weighted by Crippen LogP contribution is 2.29. The van der Waals surface area contributed by atoms with Crippen LogP contribution < -0.4 is 10.1 Å². The first-order valence-electron chi connectivity index (χ1n) is 6.03. The molecule has 0 radical (unpaired) electrons. The van der Waals surface area contributed by atoms with Crippen LogP contribution in [0.3, 0.4) is 0 Å². The molecule has 6 heteroatoms. The topological polar surface area (TPSA) is 95.9 Å². The van der Waals surface area contributed by atoms with Crippen molar-refractivity contribution >= 4 is 23.3 Å². The van der Waals surface area contributed by atoms with Gasteiger partial charge in [0.1, 0.15) is 5.75 Å². The largest absolute Gasteiger partial charge is 0.495 e. The third-order valence-electron chi connectivity index (χ3n) is 2.87. The van der Waals surface area contributed by atoms with Crippen molar-refractivity contribution < 1.29 is 24.5 Å². The van der Waals surface area contributed by atoms with Gasteiger partial charge in [0.05, 0.1) is 29.6 Å². The van der Waals surface area contributed by atoms with Crippen LogP contribution in [-0.4, -0.2) is 29.3 Å². The smallest absolute Gasteiger partial charge is 0.337 e. The van der Waals surface area contributed by atoms with Crippen molar-refractivity contribution in [2.45, 2.75) is 0 Å². The zero-order valence-electron chi connectivity index (χ0n) is 11.2. The number of hydrogen-bond acceptors (Lipinski definition) is 4. The summed E-state index contributed by atoms with van der Waals surface area (Å²) in [7, 11) is 1.51. The number of ether oxygens (including phenoxy) is 1. The monoisotopic (exact) mass is 287 g/mol. The van der Waals surface area contributed by atoms with E-state index in [1.54, 1.807) is 24.3 Å². The van der Waals surface area contributed by atoms with Gasteiger partial charge >= 0.3 is 11.9 Å². The lowest BCUT2D eigenvalue weighted by atomic mass is 10.1. The van der Waals surface area contributed by atoms with E-state index in [2.05, 4.69) is 5.32 Å². The average molecular weight is 287 g/mol. The van der Waals surface area contributed by atoms with Crippen molar-refractivity contribution in [1.82, 2.24) is 0 Å². The fourth-order valence-electron chi connectivity index (χ4n) is 1.86. The van der Waals surface area contributed by atoms with Gasteiger partial charge in [-0.25, -0.2) is 9.59 Å². The Morgan fingerprint density at radius 2 is 1.71 bits per heavy atom. The summed E-state index contributed by atoms with van der Waals surface area (Å²) in [4.78, 5) is 22.2. The molecule has 0 aromatic heterocycles. The lowest BCUT2D eigenvalue weighted by Gasteiger charge is -2.13. The fraction of sp³-hybridized carbons (Fsp3) is 0.0667. The van der Waals surface area contributed by atoms with Gasteiger partial charge in [-0.1, -0.05) is 12.1 Å². The van der Waals surface area contributed by atoms with Crippen LogP contribution in [0, 0.1) is 0 Å². The number of nitrogens with one attached hydrogen (secondary N) is 1. The van der Waals surface area contributed by atoms with E-state index in [1.165, 1.54) is 19.2 Å². The highest BCUT2D eigenvalue weighted by molar-refractivity contribution is 5.99. The van der Waals surface area contributed by atoms with E-state index in [0.717, 1.165) is 6.07 Å². The molecule has 0 heterocycles. The summed E-state index contributed by atoms with van der Waals surface area (Å²) < 4.78 is 5.18. The number of anilines is 2. The van der Waals surface area contributed by atoms with Crippen molar-refractivity contribution in [3.05, 3.63) is 53.6 Å². The number of benzene rings is 2. The minimum atomic E-state index is -1.21. The van der Waals surface area contributed by atoms with Crippen LogP contribution >= 0.6 is 0 Å². The minimum absolute atomic E-state index is 0.0852. The normalized spacial score (nSPS) is 9.95. The lowest BCUT2D eigenvalue weighted by Crippen LogP contribution is -2.06. The third kappa shape index (κ3) is 3.11. The summed E-state index contributed by atoms with van der Waals surface area (Å²) >= 11 is 0. The Kier molecular flexibility index (Phi) is 4.08. The number of hydrogen-bond donors (Lipinski definition) is 3. The quantitative estimate of drug-likeness (QED) is 0.782. The molecule has 0 bridgehead atoms. The molecule has 0 atom stereocenters. The van der Waals surface area contributed by atoms with Crippen LogP contribution in [0.1, 0.15) is 20.7 Å². The Balaban J connectivity index is 2.44. The molecule has 6 nitrogen and oxygen atoms in total. The molecule has 0 unspecified atom stereocenters. The van der Waals surface area contributed by atoms with Crippen LogP contribution in [0.25, 0.3) is 0 Å². The highest BCUT2D eigenvalue weighted by Gasteiger charge is 2.15. The molecular weight excluding hydrogens is 274 g/mol. The molecule has 0 saturated heterocycles. The molecule has 0 fully saturated rings. The first kappa shape index (κ1) is 14.4. The maximum atomic E-state index is 11.3. The first-order chi connectivity index (χ1) is 10.0. The Morgan fingerprint density at radius 3 is 2.33 bits per heavy atom. The number of rotatable bonds is 5. The number of methoxy groups -OCH3 is 1. The van der Waals surface area contributed by atoms with E-state index in [0.29, 0.717) is 11.4 Å². The number of para-hydroxylation sites is 2. The van der Waals surface area contributed by atoms with Gasteiger partial charge in [-0.05, 0) is 30.3 Å². The van der Waals surface area contributed by atoms with Gasteiger partial charge in [-0.3, -0.25) is 0 Å². The second kappa shape index (κ2) is 5.96. The molecule has 2 aromatic carbocycles. The fourth-order valence-corrected chi connectivity index (χ4v) is 1.86. The van der Waals surface area contributed by atoms with Crippen molar-refractivity contribution in [2.24, 2.45) is 0 Å². The molecule has 2 rings (SSSR count). The molecule has 2 aromatic rings. The number of aromatic carboxylic acids is 2. The number of carbonyl (C=O) groups is 2. The Labute approximate surface area is 120 Å². The standard InChI is InChI=1S/C15H13NO5/c1-21-13-5-3-2-4-12(13)16-11-7-6-9(14(17)18)8-10(11)15(19)20/h2-8,16H,1H3,(H,17,18)(H,19,20). The van der Waals surface area contributed by atoms with E-state index in [1.807, 2.05) is 0 Å². The summed E-state index contributed by atoms with van der Waals surface area (Å²) in [5.74, 6) is -1.84. The molecule has 3 N–H and O–H groups in total. The predicted molar refractivity (Wildman–Crippen MR) is 76.6 cm³/mol. The predicted octanol–water partition coefficient (Wildman–Crippen LogP) is 2.84. The van der Waals surface area contributed by atoms with Gasteiger partial charge < -0.3 is 20.3 Å². The van der Waals surface area contributed by atoms with Gasteiger partial charge in [0.15, 0.2) is 0 Å². The van der Waals surface area contributed by atoms with Crippen molar-refractivity contribution in [3.63, 3.8) is 0 Å². The number of carboxylic acid groups (broad SMARTS) is 2. The first-order valence-corrected chi connectivity index (χ1v) is 6.03. The van der Waals surface area contributed by atoms with Gasteiger partial charge in [0.2, 0.25) is 0 Å². The van der Waals surface area contributed by atoms with Crippen LogP contribution in [0.5, 0.6) is 5.75 Å². The summed E-state index contributed by atoms with van der Waals surface area (Å²) in [5.41, 5.74) is 0.668. The van der Waals surface area contributed by atoms with Gasteiger partial charge in [-0.2, -0.15) is 0 Å². The Bertz CT molecular complexity index is 696. The second-order valence-corrected chi connectivity index (χ2v) is 4.20. The molecule has 0 aliphatic rings. The minimum Gasteiger partial charge on any atom is -0.495 e. The van der Waals surface area contributed by atoms with E-state index in [9.17, 15) is 14.7 Å². The van der Waals surface area contributed by atoms with Gasteiger partial charge in [0.25, 0.3) is 0 Å². The van der Waals surface area contributed by atoms with Crippen molar-refractivity contribution in [3.8, 4) is 5.75 Å². The molecule has 0 aliphatic heterocycles. The van der Waals surface area contributed by atoms with Gasteiger partial charge in [0, 0.05) is 0 Å². The average Bonchev–Trinajstić information content (AvgIpc) is 2.47. The Morgan fingerprint density at radius 1 is 1.00 bits per heavy atom. The lowest BCUT2D eigenvalue weighted by molar-refractivity contribution is 0.0696. The maximum absolute atomic E-state index is 11.3. The van der Waals surface area contributed by atoms with E-state index in [-0.39, 0.29) is 16.8 Å². The van der Waals surface area contributed by atoms with E-state index < -0.39 is 11.9 Å². The summed E-state index contributed by atoms with van der Waals surface area (Å²) in [6, 6.07) is 10.9. The van der Waals surface area contributed by atoms with Crippen LogP contribution in [0.15, 0.2) is 42.5 Å². The van der Waals surface area contributed by atoms with Gasteiger partial charge in [-0.15, -0.1) is 0 Å². The second-order valence-electron chi connectivity index (χ2n) is 4.20. The molecule has 0 aliphatic carbocycles. The van der Waals surface area contributed by atoms with Crippen LogP contribution in [-0.2, 0) is 0 Å². The van der Waals surface area contributed by atoms with Crippen molar-refractivity contribution in [1.29, 1.82) is 0 Å². The zero-order valence-corrected chi connectivity index (χ0v) is 11.2. The number of carboxylic acids is 2. The van der Waals surface area contributed by atoms with Crippen molar-refractivity contribution in [2.75, 3.05) is 12.4 Å². The van der Waals surface area contributed by atoms with Crippen LogP contribution in [0.4, 0.5) is 11.4 Å². The van der Waals surface area contributed by atoms with E-state index in [4.69, 9.17) is 9.84 Å².